The van der Waals surface area contributed by atoms with Crippen LogP contribution in [0, 0.1) is 0 Å². The Morgan fingerprint density at radius 3 is 3.06 bits per heavy atom. The first-order chi connectivity index (χ1) is 7.72. The fraction of sp³-hybridized carbons (Fsp3) is 0.615. The quantitative estimate of drug-likeness (QED) is 0.844. The van der Waals surface area contributed by atoms with Gasteiger partial charge in [-0.2, -0.15) is 0 Å². The van der Waals surface area contributed by atoms with Crippen LogP contribution in [-0.4, -0.2) is 23.4 Å². The van der Waals surface area contributed by atoms with Crippen molar-refractivity contribution < 1.29 is 4.74 Å². The topological polar surface area (TPSA) is 34.1 Å². The van der Waals surface area contributed by atoms with Crippen LogP contribution in [-0.2, 0) is 11.2 Å². The van der Waals surface area contributed by atoms with Gasteiger partial charge in [-0.15, -0.1) is 0 Å². The van der Waals surface area contributed by atoms with Gasteiger partial charge in [-0.25, -0.2) is 0 Å². The molecular formula is C13H20N2O. The van der Waals surface area contributed by atoms with Gasteiger partial charge in [-0.3, -0.25) is 10.3 Å². The highest BCUT2D eigenvalue weighted by Gasteiger charge is 2.33. The summed E-state index contributed by atoms with van der Waals surface area (Å²) < 4.78 is 5.74. The minimum Gasteiger partial charge on any atom is -0.361 e. The molecule has 1 saturated heterocycles. The van der Waals surface area contributed by atoms with Gasteiger partial charge in [-0.1, -0.05) is 13.0 Å². The predicted molar refractivity (Wildman–Crippen MR) is 64.1 cm³/mol. The van der Waals surface area contributed by atoms with Gasteiger partial charge in [0.2, 0.25) is 0 Å². The van der Waals surface area contributed by atoms with E-state index in [1.54, 1.807) is 0 Å². The van der Waals surface area contributed by atoms with Crippen LogP contribution in [0.25, 0.3) is 0 Å². The summed E-state index contributed by atoms with van der Waals surface area (Å²) in [7, 11) is 0. The molecule has 16 heavy (non-hydrogen) atoms. The number of aryl methyl sites for hydroxylation is 1. The molecule has 2 unspecified atom stereocenters. The number of rotatable bonds is 4. The van der Waals surface area contributed by atoms with E-state index in [1.165, 1.54) is 0 Å². The van der Waals surface area contributed by atoms with Crippen molar-refractivity contribution in [1.29, 1.82) is 0 Å². The Kier molecular flexibility index (Phi) is 3.56. The lowest BCUT2D eigenvalue weighted by atomic mass is 10.0. The highest BCUT2D eigenvalue weighted by Crippen LogP contribution is 2.20. The zero-order valence-electron chi connectivity index (χ0n) is 10.1. The van der Waals surface area contributed by atoms with Crippen molar-refractivity contribution in [2.24, 2.45) is 0 Å². The standard InChI is InChI=1S/C13H20N2O/c1-3-13(2)10-16-12(15-13)8-7-11-6-4-5-9-14-11/h4-6,9,12,15H,3,7-8,10H2,1-2H3. The summed E-state index contributed by atoms with van der Waals surface area (Å²) in [6.45, 7) is 5.22. The summed E-state index contributed by atoms with van der Waals surface area (Å²) in [6, 6.07) is 6.04. The maximum absolute atomic E-state index is 5.74. The molecule has 1 N–H and O–H groups in total. The van der Waals surface area contributed by atoms with Gasteiger partial charge in [0, 0.05) is 17.4 Å². The van der Waals surface area contributed by atoms with E-state index in [1.807, 2.05) is 18.3 Å². The van der Waals surface area contributed by atoms with E-state index in [0.29, 0.717) is 0 Å². The highest BCUT2D eigenvalue weighted by atomic mass is 16.5. The number of nitrogens with one attached hydrogen (secondary N) is 1. The van der Waals surface area contributed by atoms with Crippen LogP contribution in [0.4, 0.5) is 0 Å². The third-order valence-corrected chi connectivity index (χ3v) is 3.28. The molecule has 2 atom stereocenters. The van der Waals surface area contributed by atoms with E-state index < -0.39 is 0 Å². The molecule has 0 amide bonds. The number of pyridine rings is 1. The van der Waals surface area contributed by atoms with Gasteiger partial charge in [0.05, 0.1) is 6.61 Å². The number of hydrogen-bond acceptors (Lipinski definition) is 3. The Bertz CT molecular complexity index is 328. The summed E-state index contributed by atoms with van der Waals surface area (Å²) in [6.07, 6.45) is 5.10. The minimum absolute atomic E-state index is 0.161. The molecule has 0 bridgehead atoms. The molecule has 0 aromatic carbocycles. The Morgan fingerprint density at radius 1 is 1.56 bits per heavy atom. The molecular weight excluding hydrogens is 200 g/mol. The van der Waals surface area contributed by atoms with Gasteiger partial charge in [0.1, 0.15) is 6.23 Å². The van der Waals surface area contributed by atoms with Crippen LogP contribution in [0.2, 0.25) is 0 Å². The second-order valence-corrected chi connectivity index (χ2v) is 4.72. The zero-order valence-corrected chi connectivity index (χ0v) is 10.1. The Morgan fingerprint density at radius 2 is 2.44 bits per heavy atom. The Labute approximate surface area is 97.2 Å². The molecule has 0 aliphatic carbocycles. The van der Waals surface area contributed by atoms with E-state index in [4.69, 9.17) is 4.74 Å². The van der Waals surface area contributed by atoms with E-state index in [-0.39, 0.29) is 11.8 Å². The average Bonchev–Trinajstić information content (AvgIpc) is 2.71. The lowest BCUT2D eigenvalue weighted by molar-refractivity contribution is 0.0912. The molecule has 3 heteroatoms. The minimum atomic E-state index is 0.161. The summed E-state index contributed by atoms with van der Waals surface area (Å²) in [5.41, 5.74) is 1.30. The fourth-order valence-electron chi connectivity index (χ4n) is 1.94. The number of ether oxygens (including phenoxy) is 1. The monoisotopic (exact) mass is 220 g/mol. The van der Waals surface area contributed by atoms with Crippen LogP contribution in [0.3, 0.4) is 0 Å². The second kappa shape index (κ2) is 4.93. The molecule has 1 aliphatic heterocycles. The lowest BCUT2D eigenvalue weighted by Gasteiger charge is -2.21. The van der Waals surface area contributed by atoms with Crippen LogP contribution < -0.4 is 5.32 Å². The van der Waals surface area contributed by atoms with Crippen molar-refractivity contribution in [2.75, 3.05) is 6.61 Å². The van der Waals surface area contributed by atoms with Crippen molar-refractivity contribution >= 4 is 0 Å². The molecule has 0 radical (unpaired) electrons. The summed E-state index contributed by atoms with van der Waals surface area (Å²) in [4.78, 5) is 4.31. The van der Waals surface area contributed by atoms with Crippen molar-refractivity contribution in [3.63, 3.8) is 0 Å². The summed E-state index contributed by atoms with van der Waals surface area (Å²) in [5, 5.41) is 3.54. The largest absolute Gasteiger partial charge is 0.361 e. The number of nitrogens with zero attached hydrogens (tertiary/aromatic N) is 1. The molecule has 1 fully saturated rings. The maximum Gasteiger partial charge on any atom is 0.109 e. The van der Waals surface area contributed by atoms with Gasteiger partial charge in [-0.05, 0) is 38.3 Å². The van der Waals surface area contributed by atoms with E-state index in [2.05, 4.69) is 30.2 Å². The van der Waals surface area contributed by atoms with Crippen molar-refractivity contribution in [3.05, 3.63) is 30.1 Å². The predicted octanol–water partition coefficient (Wildman–Crippen LogP) is 2.13. The van der Waals surface area contributed by atoms with E-state index in [0.717, 1.165) is 31.6 Å². The third-order valence-electron chi connectivity index (χ3n) is 3.28. The SMILES string of the molecule is CCC1(C)COC(CCc2ccccn2)N1. The third kappa shape index (κ3) is 2.80. The van der Waals surface area contributed by atoms with Gasteiger partial charge >= 0.3 is 0 Å². The zero-order chi connectivity index (χ0) is 11.4. The second-order valence-electron chi connectivity index (χ2n) is 4.72. The summed E-state index contributed by atoms with van der Waals surface area (Å²) in [5.74, 6) is 0. The van der Waals surface area contributed by atoms with Gasteiger partial charge in [0.15, 0.2) is 0 Å². The van der Waals surface area contributed by atoms with Gasteiger partial charge in [0.25, 0.3) is 0 Å². The molecule has 1 aliphatic rings. The molecule has 0 spiro atoms. The van der Waals surface area contributed by atoms with Crippen molar-refractivity contribution in [2.45, 2.75) is 44.9 Å². The van der Waals surface area contributed by atoms with Gasteiger partial charge < -0.3 is 4.74 Å². The number of hydrogen-bond donors (Lipinski definition) is 1. The Balaban J connectivity index is 1.80. The normalized spacial score (nSPS) is 29.5. The fourth-order valence-corrected chi connectivity index (χ4v) is 1.94. The van der Waals surface area contributed by atoms with Crippen LogP contribution in [0.15, 0.2) is 24.4 Å². The first-order valence-corrected chi connectivity index (χ1v) is 6.01. The van der Waals surface area contributed by atoms with Crippen LogP contribution >= 0.6 is 0 Å². The molecule has 2 heterocycles. The van der Waals surface area contributed by atoms with Crippen LogP contribution in [0.1, 0.15) is 32.4 Å². The van der Waals surface area contributed by atoms with Crippen molar-refractivity contribution in [1.82, 2.24) is 10.3 Å². The van der Waals surface area contributed by atoms with E-state index in [9.17, 15) is 0 Å². The molecule has 3 nitrogen and oxygen atoms in total. The molecule has 1 aromatic rings. The van der Waals surface area contributed by atoms with Crippen LogP contribution in [0.5, 0.6) is 0 Å². The summed E-state index contributed by atoms with van der Waals surface area (Å²) >= 11 is 0. The maximum atomic E-state index is 5.74. The first kappa shape index (κ1) is 11.6. The number of aromatic nitrogens is 1. The molecule has 88 valence electrons. The molecule has 1 aromatic heterocycles. The molecule has 2 rings (SSSR count). The lowest BCUT2D eigenvalue weighted by Crippen LogP contribution is -2.41. The average molecular weight is 220 g/mol. The molecule has 0 saturated carbocycles. The first-order valence-electron chi connectivity index (χ1n) is 6.01. The smallest absolute Gasteiger partial charge is 0.109 e. The highest BCUT2D eigenvalue weighted by molar-refractivity contribution is 5.03. The van der Waals surface area contributed by atoms with Crippen molar-refractivity contribution in [3.8, 4) is 0 Å². The Hall–Kier alpha value is -0.930. The van der Waals surface area contributed by atoms with E-state index >= 15 is 0 Å².